The molecule has 5 heteroatoms. The fraction of sp³-hybridized carbons (Fsp3) is 0.467. The standard InChI is InChI=1S/C15H24N4O/c1-5-16-15(18-11-14(20)19(3)4)17-10-13-9-7-6-8-12(13)2/h6-9H,5,10-11H2,1-4H3,(H2,16,17,18). The van der Waals surface area contributed by atoms with Crippen LogP contribution in [0, 0.1) is 6.92 Å². The van der Waals surface area contributed by atoms with Crippen molar-refractivity contribution in [1.82, 2.24) is 15.5 Å². The highest BCUT2D eigenvalue weighted by atomic mass is 16.2. The summed E-state index contributed by atoms with van der Waals surface area (Å²) >= 11 is 0. The van der Waals surface area contributed by atoms with Crippen LogP contribution in [0.15, 0.2) is 29.3 Å². The maximum atomic E-state index is 11.6. The molecule has 5 nitrogen and oxygen atoms in total. The van der Waals surface area contributed by atoms with Crippen LogP contribution in [0.2, 0.25) is 0 Å². The van der Waals surface area contributed by atoms with Crippen LogP contribution < -0.4 is 10.6 Å². The van der Waals surface area contributed by atoms with E-state index in [-0.39, 0.29) is 12.5 Å². The van der Waals surface area contributed by atoms with Crippen molar-refractivity contribution in [3.63, 3.8) is 0 Å². The molecule has 0 saturated carbocycles. The molecule has 0 saturated heterocycles. The number of hydrogen-bond donors (Lipinski definition) is 2. The third-order valence-electron chi connectivity index (χ3n) is 2.92. The molecule has 1 aromatic rings. The zero-order valence-electron chi connectivity index (χ0n) is 12.7. The second kappa shape index (κ2) is 8.19. The average molecular weight is 276 g/mol. The number of benzene rings is 1. The molecule has 0 spiro atoms. The Morgan fingerprint density at radius 1 is 1.25 bits per heavy atom. The zero-order chi connectivity index (χ0) is 15.0. The van der Waals surface area contributed by atoms with Gasteiger partial charge in [0.25, 0.3) is 0 Å². The van der Waals surface area contributed by atoms with Gasteiger partial charge in [0.05, 0.1) is 13.1 Å². The SMILES string of the molecule is CCNC(=NCc1ccccc1C)NCC(=O)N(C)C. The fourth-order valence-electron chi connectivity index (χ4n) is 1.61. The molecule has 1 amide bonds. The van der Waals surface area contributed by atoms with E-state index in [1.807, 2.05) is 19.1 Å². The van der Waals surface area contributed by atoms with Gasteiger partial charge in [-0.15, -0.1) is 0 Å². The van der Waals surface area contributed by atoms with Gasteiger partial charge in [0, 0.05) is 20.6 Å². The van der Waals surface area contributed by atoms with Gasteiger partial charge >= 0.3 is 0 Å². The minimum absolute atomic E-state index is 0.0199. The van der Waals surface area contributed by atoms with E-state index in [0.29, 0.717) is 12.5 Å². The molecule has 20 heavy (non-hydrogen) atoms. The number of hydrogen-bond acceptors (Lipinski definition) is 2. The topological polar surface area (TPSA) is 56.7 Å². The number of guanidine groups is 1. The molecule has 0 aliphatic rings. The molecule has 0 aromatic heterocycles. The summed E-state index contributed by atoms with van der Waals surface area (Å²) in [5.74, 6) is 0.678. The van der Waals surface area contributed by atoms with E-state index in [2.05, 4.69) is 34.7 Å². The van der Waals surface area contributed by atoms with Gasteiger partial charge in [0.15, 0.2) is 5.96 Å². The van der Waals surface area contributed by atoms with Gasteiger partial charge in [0.2, 0.25) is 5.91 Å². The summed E-state index contributed by atoms with van der Waals surface area (Å²) in [5.41, 5.74) is 2.40. The van der Waals surface area contributed by atoms with Crippen molar-refractivity contribution in [3.05, 3.63) is 35.4 Å². The van der Waals surface area contributed by atoms with Crippen molar-refractivity contribution in [2.45, 2.75) is 20.4 Å². The highest BCUT2D eigenvalue weighted by molar-refractivity contribution is 5.86. The van der Waals surface area contributed by atoms with Crippen molar-refractivity contribution in [1.29, 1.82) is 0 Å². The molecule has 1 rings (SSSR count). The van der Waals surface area contributed by atoms with Crippen LogP contribution in [0.25, 0.3) is 0 Å². The molecule has 0 atom stereocenters. The van der Waals surface area contributed by atoms with Gasteiger partial charge in [-0.3, -0.25) is 4.79 Å². The van der Waals surface area contributed by atoms with E-state index in [9.17, 15) is 4.79 Å². The summed E-state index contributed by atoms with van der Waals surface area (Å²) in [4.78, 5) is 17.6. The lowest BCUT2D eigenvalue weighted by molar-refractivity contribution is -0.127. The highest BCUT2D eigenvalue weighted by Crippen LogP contribution is 2.07. The van der Waals surface area contributed by atoms with Crippen molar-refractivity contribution in [2.75, 3.05) is 27.2 Å². The number of nitrogens with zero attached hydrogens (tertiary/aromatic N) is 2. The van der Waals surface area contributed by atoms with Crippen LogP contribution >= 0.6 is 0 Å². The monoisotopic (exact) mass is 276 g/mol. The van der Waals surface area contributed by atoms with Crippen LogP contribution in [0.3, 0.4) is 0 Å². The molecule has 0 radical (unpaired) electrons. The first-order valence-electron chi connectivity index (χ1n) is 6.81. The Labute approximate surface area is 121 Å². The van der Waals surface area contributed by atoms with Crippen molar-refractivity contribution >= 4 is 11.9 Å². The minimum atomic E-state index is 0.0199. The summed E-state index contributed by atoms with van der Waals surface area (Å²) in [6, 6.07) is 8.16. The lowest BCUT2D eigenvalue weighted by atomic mass is 10.1. The van der Waals surface area contributed by atoms with Gasteiger partial charge in [-0.05, 0) is 25.0 Å². The largest absolute Gasteiger partial charge is 0.357 e. The first kappa shape index (κ1) is 16.0. The Balaban J connectivity index is 2.63. The highest BCUT2D eigenvalue weighted by Gasteiger charge is 2.05. The van der Waals surface area contributed by atoms with Crippen LogP contribution in [0.1, 0.15) is 18.1 Å². The molecule has 0 aliphatic heterocycles. The summed E-state index contributed by atoms with van der Waals surface area (Å²) in [6.45, 7) is 5.67. The summed E-state index contributed by atoms with van der Waals surface area (Å²) in [7, 11) is 3.48. The van der Waals surface area contributed by atoms with E-state index >= 15 is 0 Å². The Hall–Kier alpha value is -2.04. The number of carbonyl (C=O) groups is 1. The molecule has 110 valence electrons. The number of aryl methyl sites for hydroxylation is 1. The van der Waals surface area contributed by atoms with E-state index in [4.69, 9.17) is 0 Å². The number of carbonyl (C=O) groups excluding carboxylic acids is 1. The molecule has 1 aromatic carbocycles. The zero-order valence-corrected chi connectivity index (χ0v) is 12.7. The third-order valence-corrected chi connectivity index (χ3v) is 2.92. The second-order valence-electron chi connectivity index (χ2n) is 4.76. The predicted molar refractivity (Wildman–Crippen MR) is 82.7 cm³/mol. The number of rotatable bonds is 5. The quantitative estimate of drug-likeness (QED) is 0.626. The molecular formula is C15H24N4O. The number of likely N-dealkylation sites (N-methyl/N-ethyl adjacent to an activating group) is 1. The van der Waals surface area contributed by atoms with E-state index in [1.165, 1.54) is 11.1 Å². The molecule has 0 unspecified atom stereocenters. The second-order valence-corrected chi connectivity index (χ2v) is 4.76. The lowest BCUT2D eigenvalue weighted by Crippen LogP contribution is -2.42. The third kappa shape index (κ3) is 5.30. The maximum absolute atomic E-state index is 11.6. The number of nitrogens with one attached hydrogen (secondary N) is 2. The number of aliphatic imine (C=N–C) groups is 1. The van der Waals surface area contributed by atoms with Crippen LogP contribution in [0.4, 0.5) is 0 Å². The van der Waals surface area contributed by atoms with Crippen molar-refractivity contribution in [3.8, 4) is 0 Å². The summed E-state index contributed by atoms with van der Waals surface area (Å²) < 4.78 is 0. The van der Waals surface area contributed by atoms with Gasteiger partial charge in [-0.25, -0.2) is 4.99 Å². The van der Waals surface area contributed by atoms with Crippen LogP contribution in [-0.2, 0) is 11.3 Å². The minimum Gasteiger partial charge on any atom is -0.357 e. The smallest absolute Gasteiger partial charge is 0.241 e. The van der Waals surface area contributed by atoms with E-state index in [1.54, 1.807) is 19.0 Å². The number of amides is 1. The van der Waals surface area contributed by atoms with Gasteiger partial charge < -0.3 is 15.5 Å². The van der Waals surface area contributed by atoms with E-state index < -0.39 is 0 Å². The maximum Gasteiger partial charge on any atom is 0.241 e. The van der Waals surface area contributed by atoms with Crippen LogP contribution in [-0.4, -0.2) is 44.0 Å². The Morgan fingerprint density at radius 2 is 1.95 bits per heavy atom. The summed E-state index contributed by atoms with van der Waals surface area (Å²) in [5, 5.41) is 6.17. The Kier molecular flexibility index (Phi) is 6.56. The van der Waals surface area contributed by atoms with Crippen molar-refractivity contribution in [2.24, 2.45) is 4.99 Å². The van der Waals surface area contributed by atoms with Gasteiger partial charge in [-0.2, -0.15) is 0 Å². The Morgan fingerprint density at radius 3 is 2.55 bits per heavy atom. The normalized spacial score (nSPS) is 11.1. The molecule has 2 N–H and O–H groups in total. The molecule has 0 heterocycles. The van der Waals surface area contributed by atoms with Crippen LogP contribution in [0.5, 0.6) is 0 Å². The van der Waals surface area contributed by atoms with E-state index in [0.717, 1.165) is 6.54 Å². The average Bonchev–Trinajstić information content (AvgIpc) is 2.43. The summed E-state index contributed by atoms with van der Waals surface area (Å²) in [6.07, 6.45) is 0. The molecule has 0 bridgehead atoms. The molecular weight excluding hydrogens is 252 g/mol. The fourth-order valence-corrected chi connectivity index (χ4v) is 1.61. The van der Waals surface area contributed by atoms with Crippen molar-refractivity contribution < 1.29 is 4.79 Å². The first-order valence-corrected chi connectivity index (χ1v) is 6.81. The molecule has 0 aliphatic carbocycles. The predicted octanol–water partition coefficient (Wildman–Crippen LogP) is 1.14. The lowest BCUT2D eigenvalue weighted by Gasteiger charge is -2.14. The van der Waals surface area contributed by atoms with Gasteiger partial charge in [-0.1, -0.05) is 24.3 Å². The molecule has 0 fully saturated rings. The Bertz CT molecular complexity index is 469. The first-order chi connectivity index (χ1) is 9.54. The van der Waals surface area contributed by atoms with Gasteiger partial charge in [0.1, 0.15) is 0 Å².